The number of ketones is 1. The lowest BCUT2D eigenvalue weighted by molar-refractivity contribution is 0.0831. The van der Waals surface area contributed by atoms with Gasteiger partial charge in [-0.1, -0.05) is 20.8 Å². The van der Waals surface area contributed by atoms with Gasteiger partial charge < -0.3 is 14.8 Å². The molecule has 8 nitrogen and oxygen atoms in total. The van der Waals surface area contributed by atoms with Crippen LogP contribution in [0.5, 0.6) is 0 Å². The number of rotatable bonds is 4. The third-order valence-electron chi connectivity index (χ3n) is 4.95. The summed E-state index contributed by atoms with van der Waals surface area (Å²) in [6.45, 7) is 7.75. The van der Waals surface area contributed by atoms with Gasteiger partial charge in [-0.2, -0.15) is 5.10 Å². The van der Waals surface area contributed by atoms with E-state index >= 15 is 0 Å². The summed E-state index contributed by atoms with van der Waals surface area (Å²) in [5.74, 6) is 0.253. The van der Waals surface area contributed by atoms with Gasteiger partial charge in [-0.25, -0.2) is 9.78 Å². The first-order valence-corrected chi connectivity index (χ1v) is 9.35. The third-order valence-corrected chi connectivity index (χ3v) is 4.95. The van der Waals surface area contributed by atoms with Gasteiger partial charge >= 0.3 is 6.03 Å². The van der Waals surface area contributed by atoms with Crippen molar-refractivity contribution in [1.29, 1.82) is 0 Å². The van der Waals surface area contributed by atoms with Gasteiger partial charge in [0, 0.05) is 43.9 Å². The van der Waals surface area contributed by atoms with E-state index in [2.05, 4.69) is 41.3 Å². The van der Waals surface area contributed by atoms with E-state index in [0.29, 0.717) is 25.5 Å². The first kappa shape index (κ1) is 19.1. The van der Waals surface area contributed by atoms with Crippen LogP contribution >= 0.6 is 0 Å². The number of piperidine rings is 1. The van der Waals surface area contributed by atoms with E-state index in [-0.39, 0.29) is 23.1 Å². The molecule has 2 amide bonds. The Labute approximate surface area is 159 Å². The van der Waals surface area contributed by atoms with Gasteiger partial charge in [0.1, 0.15) is 0 Å². The predicted molar refractivity (Wildman–Crippen MR) is 101 cm³/mol. The van der Waals surface area contributed by atoms with E-state index in [0.717, 1.165) is 24.2 Å². The molecule has 2 aromatic rings. The average Bonchev–Trinajstić information content (AvgIpc) is 3.28. The van der Waals surface area contributed by atoms with Crippen molar-refractivity contribution >= 4 is 11.8 Å². The van der Waals surface area contributed by atoms with Gasteiger partial charge in [0.25, 0.3) is 0 Å². The molecule has 27 heavy (non-hydrogen) atoms. The number of imidazole rings is 1. The Kier molecular flexibility index (Phi) is 5.34. The topological polar surface area (TPSA) is 95.9 Å². The number of Topliss-reactive ketones (excluding diaryl/α,β-unsaturated/α-hetero) is 1. The Bertz CT molecular complexity index is 816. The Morgan fingerprint density at radius 3 is 2.78 bits per heavy atom. The maximum absolute atomic E-state index is 12.7. The minimum atomic E-state index is -0.203. The summed E-state index contributed by atoms with van der Waals surface area (Å²) in [6.07, 6.45) is 4.98. The molecule has 1 aliphatic rings. The zero-order chi connectivity index (χ0) is 19.6. The Balaban J connectivity index is 1.56. The summed E-state index contributed by atoms with van der Waals surface area (Å²) < 4.78 is 1.73. The minimum absolute atomic E-state index is 0.00314. The number of aromatic nitrogens is 4. The van der Waals surface area contributed by atoms with Crippen molar-refractivity contribution in [2.45, 2.75) is 45.6 Å². The molecule has 0 aromatic carbocycles. The van der Waals surface area contributed by atoms with Crippen LogP contribution in [-0.4, -0.2) is 49.6 Å². The molecule has 0 unspecified atom stereocenters. The molecule has 146 valence electrons. The fourth-order valence-corrected chi connectivity index (χ4v) is 3.28. The number of nitrogens with zero attached hydrogens (tertiary/aromatic N) is 4. The monoisotopic (exact) mass is 372 g/mol. The molecule has 0 bridgehead atoms. The fraction of sp³-hybridized carbons (Fsp3) is 0.579. The number of H-pyrrole nitrogens is 1. The van der Waals surface area contributed by atoms with Crippen LogP contribution in [0.1, 0.15) is 55.6 Å². The molecule has 1 aliphatic heterocycles. The maximum atomic E-state index is 12.7. The number of likely N-dealkylation sites (tertiary alicyclic amines) is 1. The number of nitrogens with one attached hydrogen (secondary N) is 2. The van der Waals surface area contributed by atoms with Crippen molar-refractivity contribution < 1.29 is 9.59 Å². The largest absolute Gasteiger partial charge is 0.332 e. The summed E-state index contributed by atoms with van der Waals surface area (Å²) in [7, 11) is 1.81. The lowest BCUT2D eigenvalue weighted by Gasteiger charge is -2.31. The van der Waals surface area contributed by atoms with E-state index in [1.807, 2.05) is 13.1 Å². The van der Waals surface area contributed by atoms with Crippen LogP contribution in [0.2, 0.25) is 0 Å². The summed E-state index contributed by atoms with van der Waals surface area (Å²) in [4.78, 5) is 31.1. The molecule has 1 atom stereocenters. The number of aromatic amines is 1. The first-order chi connectivity index (χ1) is 12.8. The second kappa shape index (κ2) is 7.54. The highest BCUT2D eigenvalue weighted by Gasteiger charge is 2.30. The molecule has 0 aliphatic carbocycles. The third kappa shape index (κ3) is 4.37. The quantitative estimate of drug-likeness (QED) is 0.805. The molecule has 8 heteroatoms. The Morgan fingerprint density at radius 2 is 2.15 bits per heavy atom. The van der Waals surface area contributed by atoms with Crippen molar-refractivity contribution in [3.63, 3.8) is 0 Å². The molecule has 1 fully saturated rings. The van der Waals surface area contributed by atoms with Crippen LogP contribution in [-0.2, 0) is 19.0 Å². The van der Waals surface area contributed by atoms with Crippen LogP contribution in [0, 0.1) is 5.92 Å². The van der Waals surface area contributed by atoms with Crippen LogP contribution in [0.25, 0.3) is 0 Å². The summed E-state index contributed by atoms with van der Waals surface area (Å²) >= 11 is 0. The van der Waals surface area contributed by atoms with Crippen molar-refractivity contribution in [3.8, 4) is 0 Å². The molecule has 3 rings (SSSR count). The standard InChI is InChI=1S/C19H28N6O2/c1-19(2,3)15-10-14(22-23-15)11-21-18(27)25-8-5-6-13(12-25)16(26)17-20-7-9-24(17)4/h7,9-10,13H,5-6,8,11-12H2,1-4H3,(H,21,27)(H,22,23)/t13-/m0/s1. The molecule has 2 aromatic heterocycles. The van der Waals surface area contributed by atoms with Crippen molar-refractivity contribution in [3.05, 3.63) is 35.7 Å². The fourth-order valence-electron chi connectivity index (χ4n) is 3.28. The second-order valence-electron chi connectivity index (χ2n) is 8.20. The maximum Gasteiger partial charge on any atom is 0.317 e. The Morgan fingerprint density at radius 1 is 1.37 bits per heavy atom. The van der Waals surface area contributed by atoms with E-state index in [4.69, 9.17) is 0 Å². The van der Waals surface area contributed by atoms with Crippen LogP contribution < -0.4 is 5.32 Å². The van der Waals surface area contributed by atoms with Crippen molar-refractivity contribution in [2.24, 2.45) is 13.0 Å². The van der Waals surface area contributed by atoms with E-state index in [9.17, 15) is 9.59 Å². The van der Waals surface area contributed by atoms with Gasteiger partial charge in [0.15, 0.2) is 5.82 Å². The van der Waals surface area contributed by atoms with Gasteiger partial charge in [0.2, 0.25) is 5.78 Å². The van der Waals surface area contributed by atoms with Crippen LogP contribution in [0.4, 0.5) is 4.79 Å². The van der Waals surface area contributed by atoms with Crippen LogP contribution in [0.15, 0.2) is 18.5 Å². The van der Waals surface area contributed by atoms with E-state index in [1.54, 1.807) is 21.9 Å². The number of carbonyl (C=O) groups excluding carboxylic acids is 2. The summed E-state index contributed by atoms with van der Waals surface area (Å²) in [5.41, 5.74) is 1.79. The average molecular weight is 372 g/mol. The SMILES string of the molecule is Cn1ccnc1C(=O)[C@H]1CCCN(C(=O)NCc2cc(C(C)(C)C)n[nH]2)C1. The zero-order valence-corrected chi connectivity index (χ0v) is 16.5. The molecular formula is C19H28N6O2. The number of amides is 2. The molecule has 0 radical (unpaired) electrons. The number of hydrogen-bond acceptors (Lipinski definition) is 4. The van der Waals surface area contributed by atoms with E-state index in [1.165, 1.54) is 0 Å². The zero-order valence-electron chi connectivity index (χ0n) is 16.5. The molecule has 2 N–H and O–H groups in total. The second-order valence-corrected chi connectivity index (χ2v) is 8.20. The number of carbonyl (C=O) groups is 2. The Hall–Kier alpha value is -2.64. The summed E-state index contributed by atoms with van der Waals surface area (Å²) in [6, 6.07) is 1.82. The molecular weight excluding hydrogens is 344 g/mol. The number of aryl methyl sites for hydroxylation is 1. The minimum Gasteiger partial charge on any atom is -0.332 e. The summed E-state index contributed by atoms with van der Waals surface area (Å²) in [5, 5.41) is 10.2. The highest BCUT2D eigenvalue weighted by atomic mass is 16.2. The van der Waals surface area contributed by atoms with Gasteiger partial charge in [-0.3, -0.25) is 9.89 Å². The van der Waals surface area contributed by atoms with Crippen molar-refractivity contribution in [2.75, 3.05) is 13.1 Å². The number of urea groups is 1. The lowest BCUT2D eigenvalue weighted by Crippen LogP contribution is -2.47. The molecule has 0 saturated carbocycles. The van der Waals surface area contributed by atoms with Gasteiger partial charge in [-0.15, -0.1) is 0 Å². The lowest BCUT2D eigenvalue weighted by atomic mass is 9.92. The predicted octanol–water partition coefficient (Wildman–Crippen LogP) is 2.25. The normalized spacial score (nSPS) is 17.8. The van der Waals surface area contributed by atoms with Crippen LogP contribution in [0.3, 0.4) is 0 Å². The first-order valence-electron chi connectivity index (χ1n) is 9.35. The molecule has 1 saturated heterocycles. The van der Waals surface area contributed by atoms with Gasteiger partial charge in [-0.05, 0) is 18.9 Å². The smallest absolute Gasteiger partial charge is 0.317 e. The van der Waals surface area contributed by atoms with E-state index < -0.39 is 0 Å². The molecule has 0 spiro atoms. The van der Waals surface area contributed by atoms with Gasteiger partial charge in [0.05, 0.1) is 17.9 Å². The van der Waals surface area contributed by atoms with Crippen molar-refractivity contribution in [1.82, 2.24) is 30.0 Å². The number of hydrogen-bond donors (Lipinski definition) is 2. The highest BCUT2D eigenvalue weighted by Crippen LogP contribution is 2.21. The molecule has 3 heterocycles. The highest BCUT2D eigenvalue weighted by molar-refractivity contribution is 5.95.